The highest BCUT2D eigenvalue weighted by atomic mass is 19.2. The SMILES string of the molecule is O=C(Nc1cc(F)c(F)c(-c2ccc(NC3C[C@@H]4CN(CC5CCOCC5)C[C@@H]4C3)nn2)c1)C1(O)CCC1. The van der Waals surface area contributed by atoms with Gasteiger partial charge in [-0.05, 0) is 80.9 Å². The van der Waals surface area contributed by atoms with Crippen molar-refractivity contribution >= 4 is 17.4 Å². The minimum absolute atomic E-state index is 0.0663. The molecule has 1 amide bonds. The van der Waals surface area contributed by atoms with Crippen LogP contribution in [0.2, 0.25) is 0 Å². The van der Waals surface area contributed by atoms with Crippen LogP contribution in [0, 0.1) is 29.4 Å². The molecular weight excluding hydrogens is 492 g/mol. The normalized spacial score (nSPS) is 27.1. The maximum absolute atomic E-state index is 14.6. The zero-order valence-corrected chi connectivity index (χ0v) is 21.5. The number of halogens is 2. The third-order valence-electron chi connectivity index (χ3n) is 8.87. The molecule has 204 valence electrons. The number of ether oxygens (including phenoxy) is 1. The fourth-order valence-corrected chi connectivity index (χ4v) is 6.55. The zero-order valence-electron chi connectivity index (χ0n) is 21.5. The van der Waals surface area contributed by atoms with Gasteiger partial charge in [0.05, 0.1) is 5.69 Å². The summed E-state index contributed by atoms with van der Waals surface area (Å²) in [4.78, 5) is 15.0. The Hall–Kier alpha value is -2.69. The second-order valence-corrected chi connectivity index (χ2v) is 11.6. The summed E-state index contributed by atoms with van der Waals surface area (Å²) in [5.74, 6) is -0.0374. The molecule has 2 aliphatic heterocycles. The minimum atomic E-state index is -1.44. The summed E-state index contributed by atoms with van der Waals surface area (Å²) in [7, 11) is 0. The van der Waals surface area contributed by atoms with E-state index in [1.807, 2.05) is 0 Å². The third kappa shape index (κ3) is 5.26. The number of carbonyl (C=O) groups is 1. The quantitative estimate of drug-likeness (QED) is 0.503. The first-order valence-electron chi connectivity index (χ1n) is 13.8. The number of hydrogen-bond acceptors (Lipinski definition) is 7. The number of fused-ring (bicyclic) bond motifs is 1. The van der Waals surface area contributed by atoms with E-state index in [4.69, 9.17) is 4.74 Å². The number of nitrogens with one attached hydrogen (secondary N) is 2. The monoisotopic (exact) mass is 527 g/mol. The first-order chi connectivity index (χ1) is 18.4. The Labute approximate surface area is 221 Å². The fourth-order valence-electron chi connectivity index (χ4n) is 6.55. The van der Waals surface area contributed by atoms with Crippen molar-refractivity contribution in [3.8, 4) is 11.3 Å². The predicted octanol–water partition coefficient (Wildman–Crippen LogP) is 3.82. The number of likely N-dealkylation sites (tertiary alicyclic amines) is 1. The van der Waals surface area contributed by atoms with Gasteiger partial charge in [-0.25, -0.2) is 8.78 Å². The van der Waals surface area contributed by atoms with Gasteiger partial charge in [0.15, 0.2) is 11.6 Å². The lowest BCUT2D eigenvalue weighted by Crippen LogP contribution is -2.48. The Morgan fingerprint density at radius 1 is 1.11 bits per heavy atom. The van der Waals surface area contributed by atoms with E-state index in [1.165, 1.54) is 25.5 Å². The predicted molar refractivity (Wildman–Crippen MR) is 138 cm³/mol. The van der Waals surface area contributed by atoms with E-state index in [0.29, 0.717) is 36.5 Å². The zero-order chi connectivity index (χ0) is 26.3. The number of benzene rings is 1. The van der Waals surface area contributed by atoms with E-state index in [-0.39, 0.29) is 16.9 Å². The maximum Gasteiger partial charge on any atom is 0.256 e. The molecule has 2 aliphatic carbocycles. The van der Waals surface area contributed by atoms with Crippen molar-refractivity contribution in [2.24, 2.45) is 17.8 Å². The highest BCUT2D eigenvalue weighted by Crippen LogP contribution is 2.40. The van der Waals surface area contributed by atoms with Crippen LogP contribution in [0.5, 0.6) is 0 Å². The number of hydrogen-bond donors (Lipinski definition) is 3. The summed E-state index contributed by atoms with van der Waals surface area (Å²) in [6.07, 6.45) is 5.98. The van der Waals surface area contributed by atoms with Gasteiger partial charge in [0.25, 0.3) is 5.91 Å². The lowest BCUT2D eigenvalue weighted by Gasteiger charge is -2.34. The first kappa shape index (κ1) is 25.6. The molecule has 1 unspecified atom stereocenters. The highest BCUT2D eigenvalue weighted by Gasteiger charge is 2.42. The van der Waals surface area contributed by atoms with E-state index in [9.17, 15) is 18.7 Å². The molecule has 2 saturated heterocycles. The molecule has 8 nitrogen and oxygen atoms in total. The van der Waals surface area contributed by atoms with Crippen molar-refractivity contribution in [1.82, 2.24) is 15.1 Å². The van der Waals surface area contributed by atoms with E-state index >= 15 is 0 Å². The number of nitrogens with zero attached hydrogens (tertiary/aromatic N) is 3. The topological polar surface area (TPSA) is 99.6 Å². The van der Waals surface area contributed by atoms with Crippen LogP contribution in [0.3, 0.4) is 0 Å². The molecule has 0 spiro atoms. The van der Waals surface area contributed by atoms with Crippen LogP contribution < -0.4 is 10.6 Å². The van der Waals surface area contributed by atoms with Crippen LogP contribution in [0.15, 0.2) is 24.3 Å². The summed E-state index contributed by atoms with van der Waals surface area (Å²) in [6.45, 7) is 5.28. The standard InChI is InChI=1S/C28H35F2N5O3/c29-23-13-21(32-27(36)28(37)6-1-7-28)12-22(26(23)30)24-2-3-25(34-33-24)31-20-10-18-15-35(16-19(18)11-20)14-17-4-8-38-9-5-17/h2-3,12-13,17-20,37H,1,4-11,14-16H2,(H,31,34)(H,32,36)/t18-,19+,20?. The molecule has 0 radical (unpaired) electrons. The first-order valence-corrected chi connectivity index (χ1v) is 13.8. The molecule has 3 atom stereocenters. The van der Waals surface area contributed by atoms with Gasteiger partial charge in [-0.3, -0.25) is 4.79 Å². The Morgan fingerprint density at radius 3 is 2.47 bits per heavy atom. The van der Waals surface area contributed by atoms with Gasteiger partial charge in [-0.2, -0.15) is 0 Å². The second-order valence-electron chi connectivity index (χ2n) is 11.6. The van der Waals surface area contributed by atoms with Crippen LogP contribution >= 0.6 is 0 Å². The highest BCUT2D eigenvalue weighted by molar-refractivity contribution is 5.98. The number of amides is 1. The van der Waals surface area contributed by atoms with Crippen LogP contribution in [0.4, 0.5) is 20.3 Å². The summed E-state index contributed by atoms with van der Waals surface area (Å²) < 4.78 is 34.4. The lowest BCUT2D eigenvalue weighted by atomic mass is 9.79. The Balaban J connectivity index is 1.05. The summed E-state index contributed by atoms with van der Waals surface area (Å²) in [6, 6.07) is 5.88. The minimum Gasteiger partial charge on any atom is -0.381 e. The Kier molecular flexibility index (Phi) is 7.05. The van der Waals surface area contributed by atoms with Crippen molar-refractivity contribution in [2.45, 2.75) is 56.6 Å². The molecule has 1 aromatic heterocycles. The fraction of sp³-hybridized carbons (Fsp3) is 0.607. The van der Waals surface area contributed by atoms with Crippen molar-refractivity contribution in [1.29, 1.82) is 0 Å². The molecule has 0 bridgehead atoms. The van der Waals surface area contributed by atoms with E-state index in [2.05, 4.69) is 25.7 Å². The maximum atomic E-state index is 14.6. The summed E-state index contributed by atoms with van der Waals surface area (Å²) >= 11 is 0. The van der Waals surface area contributed by atoms with E-state index < -0.39 is 23.1 Å². The van der Waals surface area contributed by atoms with Crippen LogP contribution in [0.1, 0.15) is 44.9 Å². The van der Waals surface area contributed by atoms with Gasteiger partial charge in [0.1, 0.15) is 11.4 Å². The van der Waals surface area contributed by atoms with Crippen molar-refractivity contribution in [3.63, 3.8) is 0 Å². The van der Waals surface area contributed by atoms with E-state index in [1.54, 1.807) is 12.1 Å². The molecule has 1 aromatic carbocycles. The number of rotatable bonds is 7. The van der Waals surface area contributed by atoms with Crippen LogP contribution in [-0.2, 0) is 9.53 Å². The van der Waals surface area contributed by atoms with Crippen molar-refractivity contribution < 1.29 is 23.4 Å². The molecule has 3 N–H and O–H groups in total. The van der Waals surface area contributed by atoms with Gasteiger partial charge in [-0.15, -0.1) is 10.2 Å². The molecule has 2 aromatic rings. The average molecular weight is 528 g/mol. The number of anilines is 2. The van der Waals surface area contributed by atoms with Crippen molar-refractivity contribution in [3.05, 3.63) is 35.9 Å². The second kappa shape index (κ2) is 10.5. The molecule has 6 rings (SSSR count). The van der Waals surface area contributed by atoms with Crippen LogP contribution in [0.25, 0.3) is 11.3 Å². The molecule has 4 fully saturated rings. The van der Waals surface area contributed by atoms with E-state index in [0.717, 1.165) is 57.6 Å². The van der Waals surface area contributed by atoms with Gasteiger partial charge in [0, 0.05) is 56.2 Å². The largest absolute Gasteiger partial charge is 0.381 e. The summed E-state index contributed by atoms with van der Waals surface area (Å²) in [5.41, 5.74) is -1.31. The molecule has 2 saturated carbocycles. The molecule has 4 aliphatic rings. The lowest BCUT2D eigenvalue weighted by molar-refractivity contribution is -0.142. The number of aromatic nitrogens is 2. The smallest absolute Gasteiger partial charge is 0.256 e. The molecule has 10 heteroatoms. The van der Waals surface area contributed by atoms with Gasteiger partial charge >= 0.3 is 0 Å². The molecule has 38 heavy (non-hydrogen) atoms. The van der Waals surface area contributed by atoms with Crippen molar-refractivity contribution in [2.75, 3.05) is 43.5 Å². The number of carbonyl (C=O) groups excluding carboxylic acids is 1. The summed E-state index contributed by atoms with van der Waals surface area (Å²) in [5, 5.41) is 24.6. The van der Waals surface area contributed by atoms with Crippen LogP contribution in [-0.4, -0.2) is 70.6 Å². The third-order valence-corrected chi connectivity index (χ3v) is 8.87. The van der Waals surface area contributed by atoms with Gasteiger partial charge < -0.3 is 25.4 Å². The van der Waals surface area contributed by atoms with Gasteiger partial charge in [0.2, 0.25) is 0 Å². The van der Waals surface area contributed by atoms with Gasteiger partial charge in [-0.1, -0.05) is 0 Å². The Morgan fingerprint density at radius 2 is 1.84 bits per heavy atom. The Bertz CT molecular complexity index is 1160. The average Bonchev–Trinajstić information content (AvgIpc) is 3.43. The number of aliphatic hydroxyl groups is 1. The molecule has 3 heterocycles. The molecular formula is C28H35F2N5O3.